The van der Waals surface area contributed by atoms with Gasteiger partial charge in [-0.1, -0.05) is 0 Å². The van der Waals surface area contributed by atoms with Crippen LogP contribution in [0.3, 0.4) is 0 Å². The monoisotopic (exact) mass is 287 g/mol. The van der Waals surface area contributed by atoms with E-state index in [1.165, 1.54) is 6.33 Å². The van der Waals surface area contributed by atoms with Gasteiger partial charge in [-0.15, -0.1) is 0 Å². The molecule has 1 aromatic heterocycles. The Balaban J connectivity index is 2.91. The zero-order chi connectivity index (χ0) is 12.1. The zero-order valence-electron chi connectivity index (χ0n) is 9.41. The molecule has 0 unspecified atom stereocenters. The quantitative estimate of drug-likeness (QED) is 0.842. The molecule has 1 rings (SSSR count). The molecule has 0 fully saturated rings. The molecule has 0 aliphatic heterocycles. The summed E-state index contributed by atoms with van der Waals surface area (Å²) in [4.78, 5) is 21.1. The van der Waals surface area contributed by atoms with E-state index in [2.05, 4.69) is 36.5 Å². The molecule has 0 radical (unpaired) electrons. The number of carbonyl (C=O) groups is 1. The lowest BCUT2D eigenvalue weighted by molar-refractivity contribution is -0.119. The van der Waals surface area contributed by atoms with Gasteiger partial charge in [-0.2, -0.15) is 0 Å². The molecule has 2 N–H and O–H groups in total. The highest BCUT2D eigenvalue weighted by Crippen LogP contribution is 2.28. The second-order valence-corrected chi connectivity index (χ2v) is 3.93. The standard InChI is InChI=1S/C9H14BrN5O/c1-11-6(16)4-15(3)9-7(10)8(12-2)13-5-14-9/h5H,4H2,1-3H3,(H,11,16)(H,12,13,14). The van der Waals surface area contributed by atoms with E-state index in [-0.39, 0.29) is 12.5 Å². The molecule has 0 atom stereocenters. The van der Waals surface area contributed by atoms with E-state index < -0.39 is 0 Å². The van der Waals surface area contributed by atoms with Gasteiger partial charge in [0.15, 0.2) is 0 Å². The fourth-order valence-corrected chi connectivity index (χ4v) is 1.88. The molecule has 1 heterocycles. The van der Waals surface area contributed by atoms with Crippen molar-refractivity contribution in [1.29, 1.82) is 0 Å². The van der Waals surface area contributed by atoms with Crippen LogP contribution in [0.5, 0.6) is 0 Å². The number of carbonyl (C=O) groups excluding carboxylic acids is 1. The van der Waals surface area contributed by atoms with Crippen molar-refractivity contribution in [2.75, 3.05) is 37.9 Å². The Hall–Kier alpha value is -1.37. The van der Waals surface area contributed by atoms with Gasteiger partial charge in [-0.05, 0) is 15.9 Å². The number of aromatic nitrogens is 2. The lowest BCUT2D eigenvalue weighted by Crippen LogP contribution is -2.33. The average molecular weight is 288 g/mol. The van der Waals surface area contributed by atoms with Gasteiger partial charge >= 0.3 is 0 Å². The Kier molecular flexibility index (Phi) is 4.48. The van der Waals surface area contributed by atoms with Gasteiger partial charge in [0.25, 0.3) is 0 Å². The van der Waals surface area contributed by atoms with Crippen molar-refractivity contribution < 1.29 is 4.79 Å². The molecule has 88 valence electrons. The lowest BCUT2D eigenvalue weighted by atomic mass is 10.4. The summed E-state index contributed by atoms with van der Waals surface area (Å²) in [5, 5.41) is 5.49. The van der Waals surface area contributed by atoms with E-state index in [9.17, 15) is 4.79 Å². The van der Waals surface area contributed by atoms with Gasteiger partial charge in [-0.3, -0.25) is 4.79 Å². The third kappa shape index (κ3) is 2.82. The van der Waals surface area contributed by atoms with E-state index in [0.29, 0.717) is 11.6 Å². The third-order valence-electron chi connectivity index (χ3n) is 2.03. The number of rotatable bonds is 4. The predicted octanol–water partition coefficient (Wildman–Crippen LogP) is 0.463. The summed E-state index contributed by atoms with van der Waals surface area (Å²) in [6, 6.07) is 0. The summed E-state index contributed by atoms with van der Waals surface area (Å²) in [7, 11) is 5.17. The van der Waals surface area contributed by atoms with Crippen LogP contribution in [0.2, 0.25) is 0 Å². The highest BCUT2D eigenvalue weighted by molar-refractivity contribution is 9.10. The number of halogens is 1. The number of likely N-dealkylation sites (N-methyl/N-ethyl adjacent to an activating group) is 2. The van der Waals surface area contributed by atoms with Gasteiger partial charge in [-0.25, -0.2) is 9.97 Å². The van der Waals surface area contributed by atoms with Gasteiger partial charge < -0.3 is 15.5 Å². The Morgan fingerprint density at radius 1 is 1.50 bits per heavy atom. The summed E-state index contributed by atoms with van der Waals surface area (Å²) >= 11 is 3.39. The molecule has 1 amide bonds. The predicted molar refractivity (Wildman–Crippen MR) is 66.6 cm³/mol. The Bertz CT molecular complexity index is 384. The number of anilines is 2. The minimum atomic E-state index is -0.0704. The largest absolute Gasteiger partial charge is 0.372 e. The van der Waals surface area contributed by atoms with Crippen molar-refractivity contribution in [2.24, 2.45) is 0 Å². The Morgan fingerprint density at radius 2 is 2.19 bits per heavy atom. The van der Waals surface area contributed by atoms with Crippen molar-refractivity contribution in [3.8, 4) is 0 Å². The first-order valence-corrected chi connectivity index (χ1v) is 5.49. The van der Waals surface area contributed by atoms with Gasteiger partial charge in [0, 0.05) is 21.1 Å². The van der Waals surface area contributed by atoms with Crippen molar-refractivity contribution in [2.45, 2.75) is 0 Å². The topological polar surface area (TPSA) is 70.2 Å². The first-order chi connectivity index (χ1) is 7.60. The van der Waals surface area contributed by atoms with E-state index in [1.807, 2.05) is 0 Å². The van der Waals surface area contributed by atoms with Crippen LogP contribution >= 0.6 is 15.9 Å². The number of nitrogens with one attached hydrogen (secondary N) is 2. The van der Waals surface area contributed by atoms with Crippen LogP contribution in [0.1, 0.15) is 0 Å². The highest BCUT2D eigenvalue weighted by atomic mass is 79.9. The number of hydrogen-bond donors (Lipinski definition) is 2. The molecular formula is C9H14BrN5O. The van der Waals surface area contributed by atoms with Crippen LogP contribution in [-0.2, 0) is 4.79 Å². The molecule has 1 aromatic rings. The molecule has 0 bridgehead atoms. The third-order valence-corrected chi connectivity index (χ3v) is 2.76. The van der Waals surface area contributed by atoms with Crippen LogP contribution in [0.15, 0.2) is 10.8 Å². The summed E-state index contributed by atoms with van der Waals surface area (Å²) in [6.07, 6.45) is 1.45. The summed E-state index contributed by atoms with van der Waals surface area (Å²) in [6.45, 7) is 0.245. The zero-order valence-corrected chi connectivity index (χ0v) is 11.0. The summed E-state index contributed by atoms with van der Waals surface area (Å²) in [5.41, 5.74) is 0. The molecule has 0 spiro atoms. The molecule has 0 saturated carbocycles. The second kappa shape index (κ2) is 5.64. The number of amides is 1. The maximum absolute atomic E-state index is 11.2. The molecule has 16 heavy (non-hydrogen) atoms. The molecule has 0 aliphatic rings. The summed E-state index contributed by atoms with van der Waals surface area (Å²) in [5.74, 6) is 1.29. The number of nitrogens with zero attached hydrogens (tertiary/aromatic N) is 3. The molecule has 6 nitrogen and oxygen atoms in total. The average Bonchev–Trinajstić information content (AvgIpc) is 2.29. The van der Waals surface area contributed by atoms with Crippen molar-refractivity contribution in [1.82, 2.24) is 15.3 Å². The summed E-state index contributed by atoms with van der Waals surface area (Å²) < 4.78 is 0.740. The molecule has 0 aliphatic carbocycles. The van der Waals surface area contributed by atoms with Crippen LogP contribution in [-0.4, -0.2) is 43.6 Å². The van der Waals surface area contributed by atoms with Crippen LogP contribution < -0.4 is 15.5 Å². The van der Waals surface area contributed by atoms with E-state index in [1.54, 1.807) is 26.0 Å². The maximum atomic E-state index is 11.2. The highest BCUT2D eigenvalue weighted by Gasteiger charge is 2.13. The maximum Gasteiger partial charge on any atom is 0.239 e. The normalized spacial score (nSPS) is 9.75. The van der Waals surface area contributed by atoms with E-state index in [0.717, 1.165) is 4.47 Å². The number of hydrogen-bond acceptors (Lipinski definition) is 5. The van der Waals surface area contributed by atoms with Crippen LogP contribution in [0.25, 0.3) is 0 Å². The van der Waals surface area contributed by atoms with Gasteiger partial charge in [0.2, 0.25) is 5.91 Å². The fourth-order valence-electron chi connectivity index (χ4n) is 1.17. The van der Waals surface area contributed by atoms with Crippen LogP contribution in [0, 0.1) is 0 Å². The second-order valence-electron chi connectivity index (χ2n) is 3.14. The van der Waals surface area contributed by atoms with Crippen molar-refractivity contribution in [3.05, 3.63) is 10.8 Å². The minimum absolute atomic E-state index is 0.0704. The molecule has 0 aromatic carbocycles. The van der Waals surface area contributed by atoms with Crippen molar-refractivity contribution in [3.63, 3.8) is 0 Å². The minimum Gasteiger partial charge on any atom is -0.372 e. The molecule has 0 saturated heterocycles. The SMILES string of the molecule is CNC(=O)CN(C)c1ncnc(NC)c1Br. The Morgan fingerprint density at radius 3 is 2.75 bits per heavy atom. The van der Waals surface area contributed by atoms with Gasteiger partial charge in [0.1, 0.15) is 22.4 Å². The van der Waals surface area contributed by atoms with E-state index >= 15 is 0 Å². The van der Waals surface area contributed by atoms with Gasteiger partial charge in [0.05, 0.1) is 6.54 Å². The fraction of sp³-hybridized carbons (Fsp3) is 0.444. The van der Waals surface area contributed by atoms with Crippen molar-refractivity contribution >= 4 is 33.5 Å². The first-order valence-electron chi connectivity index (χ1n) is 4.70. The molecule has 7 heteroatoms. The van der Waals surface area contributed by atoms with Crippen LogP contribution in [0.4, 0.5) is 11.6 Å². The molecular weight excluding hydrogens is 274 g/mol. The smallest absolute Gasteiger partial charge is 0.239 e. The lowest BCUT2D eigenvalue weighted by Gasteiger charge is -2.19. The van der Waals surface area contributed by atoms with E-state index in [4.69, 9.17) is 0 Å². The Labute approximate surface area is 103 Å². The first kappa shape index (κ1) is 12.7.